The molecule has 1 heteroatoms. The van der Waals surface area contributed by atoms with Crippen LogP contribution in [0.4, 0.5) is 0 Å². The van der Waals surface area contributed by atoms with E-state index in [9.17, 15) is 0 Å². The largest absolute Gasteiger partial charge is 0.192 e. The summed E-state index contributed by atoms with van der Waals surface area (Å²) >= 11 is 0. The van der Waals surface area contributed by atoms with Gasteiger partial charge in [-0.05, 0) is 86.3 Å². The third-order valence-electron chi connectivity index (χ3n) is 5.74. The number of nitriles is 1. The molecule has 0 spiro atoms. The van der Waals surface area contributed by atoms with Crippen LogP contribution in [0.3, 0.4) is 0 Å². The van der Waals surface area contributed by atoms with Gasteiger partial charge in [0.05, 0.1) is 11.6 Å². The number of rotatable bonds is 3. The number of hydrogen-bond acceptors (Lipinski definition) is 1. The van der Waals surface area contributed by atoms with Crippen molar-refractivity contribution < 1.29 is 0 Å². The van der Waals surface area contributed by atoms with Gasteiger partial charge in [-0.25, -0.2) is 0 Å². The second-order valence-electron chi connectivity index (χ2n) is 6.97. The Bertz CT molecular complexity index is 506. The Morgan fingerprint density at radius 2 is 1.67 bits per heavy atom. The molecule has 0 N–H and O–H groups in total. The molecule has 2 saturated carbocycles. The second-order valence-corrected chi connectivity index (χ2v) is 6.97. The molecule has 2 aliphatic rings. The Balaban J connectivity index is 1.63. The Morgan fingerprint density at radius 1 is 1.05 bits per heavy atom. The zero-order valence-electron chi connectivity index (χ0n) is 12.8. The van der Waals surface area contributed by atoms with E-state index in [4.69, 9.17) is 5.26 Å². The van der Waals surface area contributed by atoms with Gasteiger partial charge in [0.15, 0.2) is 0 Å². The zero-order valence-corrected chi connectivity index (χ0v) is 12.8. The minimum Gasteiger partial charge on any atom is -0.192 e. The first-order valence-electron chi connectivity index (χ1n) is 8.41. The minimum atomic E-state index is 0.726. The number of allylic oxidation sites excluding steroid dienone is 1. The summed E-state index contributed by atoms with van der Waals surface area (Å²) in [5.41, 5.74) is 2.22. The minimum absolute atomic E-state index is 0.726. The van der Waals surface area contributed by atoms with Crippen molar-refractivity contribution in [2.24, 2.45) is 17.8 Å². The van der Waals surface area contributed by atoms with Crippen molar-refractivity contribution in [1.82, 2.24) is 0 Å². The van der Waals surface area contributed by atoms with Gasteiger partial charge in [0, 0.05) is 0 Å². The van der Waals surface area contributed by atoms with Crippen LogP contribution >= 0.6 is 0 Å². The molecule has 1 nitrogen and oxygen atoms in total. The molecule has 0 amide bonds. The van der Waals surface area contributed by atoms with Gasteiger partial charge in [0.1, 0.15) is 0 Å². The van der Waals surface area contributed by atoms with E-state index in [1.165, 1.54) is 50.5 Å². The lowest BCUT2D eigenvalue weighted by atomic mass is 9.91. The van der Waals surface area contributed by atoms with Crippen LogP contribution in [0.25, 0.3) is 0 Å². The number of benzene rings is 1. The van der Waals surface area contributed by atoms with E-state index in [1.54, 1.807) is 0 Å². The Kier molecular flexibility index (Phi) is 4.44. The molecule has 2 unspecified atom stereocenters. The van der Waals surface area contributed by atoms with E-state index >= 15 is 0 Å². The summed E-state index contributed by atoms with van der Waals surface area (Å²) in [5, 5.41) is 8.91. The maximum Gasteiger partial charge on any atom is 0.0991 e. The smallest absolute Gasteiger partial charge is 0.0991 e. The fourth-order valence-electron chi connectivity index (χ4n) is 4.54. The van der Waals surface area contributed by atoms with Crippen LogP contribution in [0.1, 0.15) is 62.0 Å². The highest BCUT2D eigenvalue weighted by Gasteiger charge is 2.36. The average molecular weight is 279 g/mol. The highest BCUT2D eigenvalue weighted by atomic mass is 14.4. The number of fused-ring (bicyclic) bond motifs is 1. The lowest BCUT2D eigenvalue weighted by Gasteiger charge is -2.14. The number of nitrogens with zero attached hydrogens (tertiary/aromatic N) is 1. The zero-order chi connectivity index (χ0) is 14.7. The van der Waals surface area contributed by atoms with Gasteiger partial charge in [-0.3, -0.25) is 0 Å². The molecular formula is C20H25N. The standard InChI is InChI=1S/C20H25N/c1-2-3-15-4-10-18-12-20(13-19(18)11-5-15)17-8-6-16(14-21)7-9-17/h2,6-9,15,18-20H,1,3-5,10-13H2. The molecular weight excluding hydrogens is 254 g/mol. The third kappa shape index (κ3) is 3.21. The van der Waals surface area contributed by atoms with E-state index < -0.39 is 0 Å². The predicted molar refractivity (Wildman–Crippen MR) is 86.9 cm³/mol. The van der Waals surface area contributed by atoms with Crippen LogP contribution in [-0.4, -0.2) is 0 Å². The highest BCUT2D eigenvalue weighted by Crippen LogP contribution is 2.49. The predicted octanol–water partition coefficient (Wildman–Crippen LogP) is 5.43. The van der Waals surface area contributed by atoms with Gasteiger partial charge in [-0.1, -0.05) is 18.2 Å². The molecule has 0 aromatic heterocycles. The molecule has 1 aromatic rings. The third-order valence-corrected chi connectivity index (χ3v) is 5.74. The van der Waals surface area contributed by atoms with Gasteiger partial charge in [0.2, 0.25) is 0 Å². The molecule has 0 aliphatic heterocycles. The van der Waals surface area contributed by atoms with Gasteiger partial charge in [-0.15, -0.1) is 6.58 Å². The van der Waals surface area contributed by atoms with Crippen LogP contribution in [-0.2, 0) is 0 Å². The first-order valence-corrected chi connectivity index (χ1v) is 8.41. The summed E-state index contributed by atoms with van der Waals surface area (Å²) in [6.45, 7) is 3.90. The van der Waals surface area contributed by atoms with Crippen LogP contribution in [0.5, 0.6) is 0 Å². The lowest BCUT2D eigenvalue weighted by Crippen LogP contribution is -2.04. The van der Waals surface area contributed by atoms with Crippen molar-refractivity contribution in [3.63, 3.8) is 0 Å². The van der Waals surface area contributed by atoms with E-state index in [1.807, 2.05) is 12.1 Å². The van der Waals surface area contributed by atoms with Crippen molar-refractivity contribution in [2.75, 3.05) is 0 Å². The van der Waals surface area contributed by atoms with Gasteiger partial charge in [0.25, 0.3) is 0 Å². The summed E-state index contributed by atoms with van der Waals surface area (Å²) in [6.07, 6.45) is 11.6. The topological polar surface area (TPSA) is 23.8 Å². The monoisotopic (exact) mass is 279 g/mol. The van der Waals surface area contributed by atoms with Gasteiger partial charge in [-0.2, -0.15) is 5.26 Å². The van der Waals surface area contributed by atoms with Crippen LogP contribution < -0.4 is 0 Å². The Morgan fingerprint density at radius 3 is 2.19 bits per heavy atom. The summed E-state index contributed by atoms with van der Waals surface area (Å²) in [6, 6.07) is 10.5. The van der Waals surface area contributed by atoms with Crippen molar-refractivity contribution >= 4 is 0 Å². The molecule has 2 aliphatic carbocycles. The summed E-state index contributed by atoms with van der Waals surface area (Å²) in [7, 11) is 0. The highest BCUT2D eigenvalue weighted by molar-refractivity contribution is 5.33. The van der Waals surface area contributed by atoms with Crippen LogP contribution in [0.2, 0.25) is 0 Å². The Labute approximate surface area is 128 Å². The van der Waals surface area contributed by atoms with Crippen molar-refractivity contribution in [2.45, 2.75) is 50.9 Å². The van der Waals surface area contributed by atoms with E-state index in [0.29, 0.717) is 0 Å². The van der Waals surface area contributed by atoms with E-state index in [0.717, 1.165) is 29.2 Å². The van der Waals surface area contributed by atoms with Crippen molar-refractivity contribution in [1.29, 1.82) is 5.26 Å². The summed E-state index contributed by atoms with van der Waals surface area (Å²) in [5.74, 6) is 3.48. The maximum atomic E-state index is 8.91. The molecule has 3 rings (SSSR count). The van der Waals surface area contributed by atoms with E-state index in [2.05, 4.69) is 30.9 Å². The van der Waals surface area contributed by atoms with E-state index in [-0.39, 0.29) is 0 Å². The summed E-state index contributed by atoms with van der Waals surface area (Å²) < 4.78 is 0. The van der Waals surface area contributed by atoms with Gasteiger partial charge >= 0.3 is 0 Å². The molecule has 1 aromatic carbocycles. The quantitative estimate of drug-likeness (QED) is 0.676. The molecule has 0 heterocycles. The molecule has 2 atom stereocenters. The molecule has 21 heavy (non-hydrogen) atoms. The first-order chi connectivity index (χ1) is 10.3. The van der Waals surface area contributed by atoms with Crippen molar-refractivity contribution in [3.8, 4) is 6.07 Å². The van der Waals surface area contributed by atoms with Crippen LogP contribution in [0, 0.1) is 29.1 Å². The number of hydrogen-bond donors (Lipinski definition) is 0. The SMILES string of the molecule is C=CCC1CCC2CC(c3ccc(C#N)cc3)CC2CC1. The Hall–Kier alpha value is -1.55. The fraction of sp³-hybridized carbons (Fsp3) is 0.550. The molecule has 0 saturated heterocycles. The normalized spacial score (nSPS) is 32.0. The molecule has 0 bridgehead atoms. The first kappa shape index (κ1) is 14.4. The molecule has 110 valence electrons. The maximum absolute atomic E-state index is 8.91. The van der Waals surface area contributed by atoms with Crippen LogP contribution in [0.15, 0.2) is 36.9 Å². The average Bonchev–Trinajstić information content (AvgIpc) is 2.84. The lowest BCUT2D eigenvalue weighted by molar-refractivity contribution is 0.367. The second kappa shape index (κ2) is 6.48. The van der Waals surface area contributed by atoms with Gasteiger partial charge < -0.3 is 0 Å². The molecule has 2 fully saturated rings. The van der Waals surface area contributed by atoms with Crippen molar-refractivity contribution in [3.05, 3.63) is 48.0 Å². The fourth-order valence-corrected chi connectivity index (χ4v) is 4.54. The summed E-state index contributed by atoms with van der Waals surface area (Å²) in [4.78, 5) is 0. The molecule has 0 radical (unpaired) electrons.